The molecule has 1 unspecified atom stereocenters. The van der Waals surface area contributed by atoms with E-state index in [9.17, 15) is 0 Å². The van der Waals surface area contributed by atoms with Crippen molar-refractivity contribution < 1.29 is 0 Å². The predicted octanol–water partition coefficient (Wildman–Crippen LogP) is 3.57. The summed E-state index contributed by atoms with van der Waals surface area (Å²) in [7, 11) is 0. The quantitative estimate of drug-likeness (QED) is 0.635. The van der Waals surface area contributed by atoms with E-state index < -0.39 is 0 Å². The molecule has 2 aromatic rings. The van der Waals surface area contributed by atoms with Gasteiger partial charge in [0.25, 0.3) is 0 Å². The van der Waals surface area contributed by atoms with Gasteiger partial charge < -0.3 is 0 Å². The fourth-order valence-electron chi connectivity index (χ4n) is 2.26. The van der Waals surface area contributed by atoms with Crippen LogP contribution in [0.2, 0.25) is 5.02 Å². The molecule has 0 fully saturated rings. The van der Waals surface area contributed by atoms with Crippen LogP contribution in [0.1, 0.15) is 36.2 Å². The Balaban J connectivity index is 2.52. The van der Waals surface area contributed by atoms with Crippen molar-refractivity contribution in [3.63, 3.8) is 0 Å². The van der Waals surface area contributed by atoms with Crippen molar-refractivity contribution in [3.05, 3.63) is 50.7 Å². The number of nitrogens with two attached hydrogens (primary N) is 1. The molecule has 6 heteroatoms. The largest absolute Gasteiger partial charge is 0.271 e. The topological polar surface area (TPSA) is 55.9 Å². The van der Waals surface area contributed by atoms with Gasteiger partial charge in [-0.1, -0.05) is 52.7 Å². The van der Waals surface area contributed by atoms with Crippen LogP contribution in [0.3, 0.4) is 0 Å². The first-order chi connectivity index (χ1) is 9.60. The molecule has 0 saturated carbocycles. The van der Waals surface area contributed by atoms with E-state index in [2.05, 4.69) is 33.4 Å². The molecule has 4 nitrogen and oxygen atoms in total. The summed E-state index contributed by atoms with van der Waals surface area (Å²) in [4.78, 5) is 0. The van der Waals surface area contributed by atoms with Crippen molar-refractivity contribution in [2.45, 2.75) is 32.9 Å². The number of aromatic nitrogens is 2. The van der Waals surface area contributed by atoms with Crippen LogP contribution >= 0.6 is 27.5 Å². The predicted molar refractivity (Wildman–Crippen MR) is 85.6 cm³/mol. The van der Waals surface area contributed by atoms with E-state index in [1.807, 2.05) is 29.8 Å². The summed E-state index contributed by atoms with van der Waals surface area (Å²) < 4.78 is 2.94. The first-order valence-corrected chi connectivity index (χ1v) is 7.69. The minimum atomic E-state index is -0.203. The Morgan fingerprint density at radius 2 is 2.25 bits per heavy atom. The fraction of sp³-hybridized carbons (Fsp3) is 0.357. The summed E-state index contributed by atoms with van der Waals surface area (Å²) in [5.41, 5.74) is 5.95. The van der Waals surface area contributed by atoms with Crippen molar-refractivity contribution in [3.8, 4) is 0 Å². The molecule has 20 heavy (non-hydrogen) atoms. The number of benzene rings is 1. The minimum absolute atomic E-state index is 0.203. The summed E-state index contributed by atoms with van der Waals surface area (Å²) >= 11 is 9.93. The third kappa shape index (κ3) is 2.91. The zero-order valence-corrected chi connectivity index (χ0v) is 13.9. The molecule has 0 aliphatic rings. The molecule has 2 rings (SSSR count). The maximum absolute atomic E-state index is 6.30. The number of hydrogen-bond donors (Lipinski definition) is 2. The first kappa shape index (κ1) is 15.5. The zero-order chi connectivity index (χ0) is 14.7. The lowest BCUT2D eigenvalue weighted by molar-refractivity contribution is 0.520. The molecule has 0 saturated heterocycles. The van der Waals surface area contributed by atoms with Gasteiger partial charge in [-0.2, -0.15) is 5.10 Å². The van der Waals surface area contributed by atoms with E-state index in [1.165, 1.54) is 0 Å². The van der Waals surface area contributed by atoms with Gasteiger partial charge in [-0.25, -0.2) is 5.43 Å². The highest BCUT2D eigenvalue weighted by Gasteiger charge is 2.23. The standard InChI is InChI=1S/C14H18BrClN4/c1-3-7-20-14(11(16)8-18-20)13(19-17)10-6-4-5-9(2)12(10)15/h4-6,8,13,19H,3,7,17H2,1-2H3. The minimum Gasteiger partial charge on any atom is -0.271 e. The van der Waals surface area contributed by atoms with Gasteiger partial charge in [-0.3, -0.25) is 10.5 Å². The van der Waals surface area contributed by atoms with Gasteiger partial charge >= 0.3 is 0 Å². The summed E-state index contributed by atoms with van der Waals surface area (Å²) in [5.74, 6) is 5.78. The number of aryl methyl sites for hydroxylation is 2. The molecule has 1 atom stereocenters. The second kappa shape index (κ2) is 6.72. The number of hydrogen-bond acceptors (Lipinski definition) is 3. The molecule has 0 aliphatic heterocycles. The second-order valence-electron chi connectivity index (χ2n) is 4.68. The molecule has 1 heterocycles. The molecule has 0 spiro atoms. The highest BCUT2D eigenvalue weighted by Crippen LogP contribution is 2.33. The normalized spacial score (nSPS) is 12.7. The van der Waals surface area contributed by atoms with Gasteiger partial charge in [-0.15, -0.1) is 0 Å². The molecule has 1 aromatic carbocycles. The average Bonchev–Trinajstić information content (AvgIpc) is 2.78. The van der Waals surface area contributed by atoms with Crippen LogP contribution in [0.15, 0.2) is 28.9 Å². The number of halogens is 2. The molecular formula is C14H18BrClN4. The third-order valence-corrected chi connectivity index (χ3v) is 4.62. The van der Waals surface area contributed by atoms with Gasteiger partial charge in [0, 0.05) is 11.0 Å². The van der Waals surface area contributed by atoms with Crippen LogP contribution in [0.4, 0.5) is 0 Å². The monoisotopic (exact) mass is 356 g/mol. The third-order valence-electron chi connectivity index (χ3n) is 3.24. The molecule has 108 valence electrons. The van der Waals surface area contributed by atoms with E-state index in [1.54, 1.807) is 6.20 Å². The first-order valence-electron chi connectivity index (χ1n) is 6.52. The summed E-state index contributed by atoms with van der Waals surface area (Å²) in [6.07, 6.45) is 2.65. The molecule has 0 amide bonds. The number of nitrogens with zero attached hydrogens (tertiary/aromatic N) is 2. The lowest BCUT2D eigenvalue weighted by Gasteiger charge is -2.20. The van der Waals surface area contributed by atoms with Crippen molar-refractivity contribution in [2.24, 2.45) is 5.84 Å². The van der Waals surface area contributed by atoms with Crippen LogP contribution in [-0.4, -0.2) is 9.78 Å². The second-order valence-corrected chi connectivity index (χ2v) is 5.88. The molecule has 0 aliphatic carbocycles. The average molecular weight is 358 g/mol. The van der Waals surface area contributed by atoms with E-state index in [4.69, 9.17) is 17.4 Å². The van der Waals surface area contributed by atoms with Crippen LogP contribution in [0.25, 0.3) is 0 Å². The highest BCUT2D eigenvalue weighted by molar-refractivity contribution is 9.10. The van der Waals surface area contributed by atoms with Crippen LogP contribution in [-0.2, 0) is 6.54 Å². The summed E-state index contributed by atoms with van der Waals surface area (Å²) in [5, 5.41) is 4.95. The lowest BCUT2D eigenvalue weighted by atomic mass is 10.0. The Hall–Kier alpha value is -0.880. The maximum atomic E-state index is 6.30. The van der Waals surface area contributed by atoms with Crippen molar-refractivity contribution in [2.75, 3.05) is 0 Å². The van der Waals surface area contributed by atoms with Gasteiger partial charge in [0.05, 0.1) is 23.0 Å². The number of hydrazine groups is 1. The number of rotatable bonds is 5. The molecule has 0 radical (unpaired) electrons. The van der Waals surface area contributed by atoms with Crippen molar-refractivity contribution in [1.82, 2.24) is 15.2 Å². The van der Waals surface area contributed by atoms with E-state index in [0.29, 0.717) is 5.02 Å². The summed E-state index contributed by atoms with van der Waals surface area (Å²) in [6.45, 7) is 4.96. The van der Waals surface area contributed by atoms with Gasteiger partial charge in [0.1, 0.15) is 0 Å². The highest BCUT2D eigenvalue weighted by atomic mass is 79.9. The Labute approximate surface area is 132 Å². The Kier molecular flexibility index (Phi) is 5.21. The van der Waals surface area contributed by atoms with E-state index >= 15 is 0 Å². The Morgan fingerprint density at radius 1 is 1.50 bits per heavy atom. The summed E-state index contributed by atoms with van der Waals surface area (Å²) in [6, 6.07) is 5.88. The van der Waals surface area contributed by atoms with Crippen LogP contribution < -0.4 is 11.3 Å². The van der Waals surface area contributed by atoms with E-state index in [-0.39, 0.29) is 6.04 Å². The smallest absolute Gasteiger partial charge is 0.0904 e. The van der Waals surface area contributed by atoms with Crippen LogP contribution in [0, 0.1) is 6.92 Å². The van der Waals surface area contributed by atoms with Gasteiger partial charge in [0.15, 0.2) is 0 Å². The Morgan fingerprint density at radius 3 is 2.90 bits per heavy atom. The SMILES string of the molecule is CCCn1ncc(Cl)c1C(NN)c1cccc(C)c1Br. The van der Waals surface area contributed by atoms with E-state index in [0.717, 1.165) is 34.3 Å². The van der Waals surface area contributed by atoms with Crippen molar-refractivity contribution in [1.29, 1.82) is 0 Å². The fourth-order valence-corrected chi connectivity index (χ4v) is 3.00. The van der Waals surface area contributed by atoms with Crippen LogP contribution in [0.5, 0.6) is 0 Å². The number of nitrogens with one attached hydrogen (secondary N) is 1. The Bertz CT molecular complexity index is 597. The van der Waals surface area contributed by atoms with Crippen molar-refractivity contribution >= 4 is 27.5 Å². The van der Waals surface area contributed by atoms with Gasteiger partial charge in [-0.05, 0) is 24.5 Å². The maximum Gasteiger partial charge on any atom is 0.0904 e. The van der Waals surface area contributed by atoms with Gasteiger partial charge in [0.2, 0.25) is 0 Å². The molecule has 0 bridgehead atoms. The molecular weight excluding hydrogens is 340 g/mol. The lowest BCUT2D eigenvalue weighted by Crippen LogP contribution is -2.31. The molecule has 3 N–H and O–H groups in total. The zero-order valence-electron chi connectivity index (χ0n) is 11.5. The molecule has 1 aromatic heterocycles.